The monoisotopic (exact) mass is 370 g/mol. The zero-order valence-electron chi connectivity index (χ0n) is 15.6. The summed E-state index contributed by atoms with van der Waals surface area (Å²) in [5, 5.41) is 6.51. The van der Waals surface area contributed by atoms with Gasteiger partial charge in [-0.05, 0) is 56.8 Å². The summed E-state index contributed by atoms with van der Waals surface area (Å²) >= 11 is 0. The van der Waals surface area contributed by atoms with Crippen LogP contribution in [0.3, 0.4) is 0 Å². The number of methoxy groups -OCH3 is 1. The summed E-state index contributed by atoms with van der Waals surface area (Å²) in [5.74, 6) is 1.82. The van der Waals surface area contributed by atoms with E-state index >= 15 is 0 Å². The number of ether oxygens (including phenoxy) is 2. The molecule has 0 saturated carbocycles. The van der Waals surface area contributed by atoms with Gasteiger partial charge in [-0.2, -0.15) is 0 Å². The summed E-state index contributed by atoms with van der Waals surface area (Å²) < 4.78 is 11.2. The highest BCUT2D eigenvalue weighted by molar-refractivity contribution is 5.95. The topological polar surface area (TPSA) is 59.6 Å². The van der Waals surface area contributed by atoms with E-state index in [-0.39, 0.29) is 24.4 Å². The number of carbonyl (C=O) groups is 1. The Kier molecular flexibility index (Phi) is 9.08. The number of benzene rings is 1. The van der Waals surface area contributed by atoms with Crippen LogP contribution in [0.1, 0.15) is 50.4 Å². The molecule has 1 fully saturated rings. The molecule has 1 aromatic rings. The smallest absolute Gasteiger partial charge is 0.251 e. The van der Waals surface area contributed by atoms with E-state index in [1.807, 2.05) is 6.07 Å². The Hall–Kier alpha value is -1.46. The molecular formula is C19H31ClN2O3. The molecule has 2 N–H and O–H groups in total. The van der Waals surface area contributed by atoms with Gasteiger partial charge in [0.25, 0.3) is 5.91 Å². The third kappa shape index (κ3) is 6.75. The average molecular weight is 371 g/mol. The lowest BCUT2D eigenvalue weighted by molar-refractivity contribution is 0.0925. The first-order valence-electron chi connectivity index (χ1n) is 8.84. The summed E-state index contributed by atoms with van der Waals surface area (Å²) in [6.07, 6.45) is 2.90. The maximum Gasteiger partial charge on any atom is 0.251 e. The standard InChI is InChI=1S/C19H30N2O3.ClH/c1-13(2)8-10-24-17-6-5-15(12-18(17)23-4)19(22)21-16-7-9-20-14(3)11-16;/h5-6,12-14,16,20H,7-11H2,1-4H3,(H,21,22);1H. The van der Waals surface area contributed by atoms with Crippen LogP contribution in [0.25, 0.3) is 0 Å². The minimum atomic E-state index is -0.0545. The Morgan fingerprint density at radius 3 is 2.76 bits per heavy atom. The van der Waals surface area contributed by atoms with Gasteiger partial charge in [0.05, 0.1) is 13.7 Å². The first-order valence-corrected chi connectivity index (χ1v) is 8.84. The van der Waals surface area contributed by atoms with Crippen LogP contribution >= 0.6 is 12.4 Å². The lowest BCUT2D eigenvalue weighted by atomic mass is 10.0. The molecule has 1 heterocycles. The quantitative estimate of drug-likeness (QED) is 0.772. The molecule has 5 nitrogen and oxygen atoms in total. The molecule has 1 amide bonds. The highest BCUT2D eigenvalue weighted by Gasteiger charge is 2.21. The predicted molar refractivity (Wildman–Crippen MR) is 103 cm³/mol. The second kappa shape index (κ2) is 10.5. The van der Waals surface area contributed by atoms with Crippen LogP contribution < -0.4 is 20.1 Å². The van der Waals surface area contributed by atoms with Gasteiger partial charge in [0, 0.05) is 17.6 Å². The van der Waals surface area contributed by atoms with Crippen molar-refractivity contribution >= 4 is 18.3 Å². The Labute approximate surface area is 157 Å². The van der Waals surface area contributed by atoms with Crippen molar-refractivity contribution in [3.05, 3.63) is 23.8 Å². The Bertz CT molecular complexity index is 551. The first-order chi connectivity index (χ1) is 11.5. The maximum absolute atomic E-state index is 12.5. The summed E-state index contributed by atoms with van der Waals surface area (Å²) in [6, 6.07) is 6.04. The number of nitrogens with one attached hydrogen (secondary N) is 2. The van der Waals surface area contributed by atoms with E-state index < -0.39 is 0 Å². The van der Waals surface area contributed by atoms with Crippen molar-refractivity contribution in [3.8, 4) is 11.5 Å². The second-order valence-corrected chi connectivity index (χ2v) is 6.95. The molecule has 1 aromatic carbocycles. The van der Waals surface area contributed by atoms with E-state index in [0.29, 0.717) is 35.6 Å². The van der Waals surface area contributed by atoms with E-state index in [1.165, 1.54) is 0 Å². The number of hydrogen-bond acceptors (Lipinski definition) is 4. The van der Waals surface area contributed by atoms with Crippen LogP contribution in [0.2, 0.25) is 0 Å². The van der Waals surface area contributed by atoms with Crippen LogP contribution in [0.4, 0.5) is 0 Å². The summed E-state index contributed by atoms with van der Waals surface area (Å²) in [6.45, 7) is 8.06. The average Bonchev–Trinajstić information content (AvgIpc) is 2.54. The van der Waals surface area contributed by atoms with Crippen LogP contribution in [0.15, 0.2) is 18.2 Å². The fourth-order valence-electron chi connectivity index (χ4n) is 2.86. The zero-order valence-corrected chi connectivity index (χ0v) is 16.4. The minimum absolute atomic E-state index is 0. The molecule has 0 spiro atoms. The van der Waals surface area contributed by atoms with Gasteiger partial charge in [-0.25, -0.2) is 0 Å². The van der Waals surface area contributed by atoms with Gasteiger partial charge in [0.2, 0.25) is 0 Å². The largest absolute Gasteiger partial charge is 0.493 e. The number of amides is 1. The molecule has 1 saturated heterocycles. The molecule has 0 aromatic heterocycles. The van der Waals surface area contributed by atoms with Crippen molar-refractivity contribution in [1.82, 2.24) is 10.6 Å². The van der Waals surface area contributed by atoms with Crippen LogP contribution in [0, 0.1) is 5.92 Å². The van der Waals surface area contributed by atoms with Gasteiger partial charge < -0.3 is 20.1 Å². The van der Waals surface area contributed by atoms with Crippen LogP contribution in [-0.4, -0.2) is 38.3 Å². The van der Waals surface area contributed by atoms with Crippen molar-refractivity contribution < 1.29 is 14.3 Å². The van der Waals surface area contributed by atoms with Gasteiger partial charge in [-0.15, -0.1) is 12.4 Å². The highest BCUT2D eigenvalue weighted by atomic mass is 35.5. The lowest BCUT2D eigenvalue weighted by Crippen LogP contribution is -2.46. The SMILES string of the molecule is COc1cc(C(=O)NC2CCNC(C)C2)ccc1OCCC(C)C.Cl. The minimum Gasteiger partial charge on any atom is -0.493 e. The number of rotatable bonds is 7. The molecule has 2 unspecified atom stereocenters. The van der Waals surface area contributed by atoms with Crippen molar-refractivity contribution in [2.24, 2.45) is 5.92 Å². The fourth-order valence-corrected chi connectivity index (χ4v) is 2.86. The second-order valence-electron chi connectivity index (χ2n) is 6.95. The van der Waals surface area contributed by atoms with Gasteiger partial charge in [0.15, 0.2) is 11.5 Å². The van der Waals surface area contributed by atoms with Crippen molar-refractivity contribution in [2.45, 2.75) is 52.1 Å². The van der Waals surface area contributed by atoms with Crippen molar-refractivity contribution in [1.29, 1.82) is 0 Å². The van der Waals surface area contributed by atoms with Crippen LogP contribution in [-0.2, 0) is 0 Å². The third-order valence-electron chi connectivity index (χ3n) is 4.34. The number of hydrogen-bond donors (Lipinski definition) is 2. The van der Waals surface area contributed by atoms with E-state index in [2.05, 4.69) is 31.4 Å². The van der Waals surface area contributed by atoms with Gasteiger partial charge in [-0.1, -0.05) is 13.8 Å². The number of piperidine rings is 1. The molecule has 1 aliphatic rings. The molecule has 2 atom stereocenters. The predicted octanol–water partition coefficient (Wildman–Crippen LogP) is 3.41. The Balaban J connectivity index is 0.00000312. The molecule has 6 heteroatoms. The third-order valence-corrected chi connectivity index (χ3v) is 4.34. The highest BCUT2D eigenvalue weighted by Crippen LogP contribution is 2.28. The summed E-state index contributed by atoms with van der Waals surface area (Å²) in [7, 11) is 1.60. The maximum atomic E-state index is 12.5. The van der Waals surface area contributed by atoms with E-state index in [4.69, 9.17) is 9.47 Å². The van der Waals surface area contributed by atoms with Gasteiger partial charge in [-0.3, -0.25) is 4.79 Å². The van der Waals surface area contributed by atoms with Crippen molar-refractivity contribution in [3.63, 3.8) is 0 Å². The molecule has 2 rings (SSSR count). The van der Waals surface area contributed by atoms with Gasteiger partial charge >= 0.3 is 0 Å². The van der Waals surface area contributed by atoms with Crippen LogP contribution in [0.5, 0.6) is 11.5 Å². The zero-order chi connectivity index (χ0) is 17.5. The summed E-state index contributed by atoms with van der Waals surface area (Å²) in [5.41, 5.74) is 0.606. The van der Waals surface area contributed by atoms with E-state index in [0.717, 1.165) is 25.8 Å². The number of halogens is 1. The first kappa shape index (κ1) is 21.6. The molecule has 142 valence electrons. The molecule has 0 aliphatic carbocycles. The fraction of sp³-hybridized carbons (Fsp3) is 0.632. The Morgan fingerprint density at radius 2 is 2.12 bits per heavy atom. The lowest BCUT2D eigenvalue weighted by Gasteiger charge is -2.28. The number of carbonyl (C=O) groups excluding carboxylic acids is 1. The van der Waals surface area contributed by atoms with Crippen molar-refractivity contribution in [2.75, 3.05) is 20.3 Å². The Morgan fingerprint density at radius 1 is 1.36 bits per heavy atom. The normalized spacial score (nSPS) is 19.9. The molecule has 0 bridgehead atoms. The summed E-state index contributed by atoms with van der Waals surface area (Å²) in [4.78, 5) is 12.5. The van der Waals surface area contributed by atoms with E-state index in [9.17, 15) is 4.79 Å². The molecule has 1 aliphatic heterocycles. The molecule has 0 radical (unpaired) electrons. The van der Waals surface area contributed by atoms with E-state index in [1.54, 1.807) is 19.2 Å². The molecular weight excluding hydrogens is 340 g/mol. The molecule has 25 heavy (non-hydrogen) atoms. The van der Waals surface area contributed by atoms with Gasteiger partial charge in [0.1, 0.15) is 0 Å².